The molecule has 0 aromatic carbocycles. The molecule has 0 fully saturated rings. The van der Waals surface area contributed by atoms with Crippen LogP contribution in [0.15, 0.2) is 0 Å². The van der Waals surface area contributed by atoms with Crippen LogP contribution in [-0.2, 0) is 9.59 Å². The highest BCUT2D eigenvalue weighted by molar-refractivity contribution is 9.09. The first-order chi connectivity index (χ1) is 14.1. The molecule has 0 saturated heterocycles. The Morgan fingerprint density at radius 2 is 0.724 bits per heavy atom. The Hall–Kier alpha value is -0.0100. The Balaban J connectivity index is 3.01. The first-order valence-corrected chi connectivity index (χ1v) is 15.3. The molecule has 0 radical (unpaired) electrons. The maximum Gasteiger partial charge on any atom is 0.303 e. The molecule has 7 heteroatoms. The van der Waals surface area contributed by atoms with E-state index in [0.717, 1.165) is 25.7 Å². The van der Waals surface area contributed by atoms with E-state index in [9.17, 15) is 9.59 Å². The second-order valence-electron chi connectivity index (χ2n) is 7.66. The van der Waals surface area contributed by atoms with Crippen molar-refractivity contribution < 1.29 is 19.8 Å². The van der Waals surface area contributed by atoms with Gasteiger partial charge in [-0.1, -0.05) is 98.6 Å². The van der Waals surface area contributed by atoms with Gasteiger partial charge < -0.3 is 10.2 Å². The summed E-state index contributed by atoms with van der Waals surface area (Å²) in [5, 5.41) is 17.1. The number of carbonyl (C=O) groups is 2. The maximum absolute atomic E-state index is 10.4. The van der Waals surface area contributed by atoms with Gasteiger partial charge in [0.05, 0.1) is 0 Å². The highest BCUT2D eigenvalue weighted by Gasteiger charge is 1.98. The molecule has 0 aliphatic carbocycles. The van der Waals surface area contributed by atoms with Crippen molar-refractivity contribution in [3.8, 4) is 0 Å². The predicted octanol–water partition coefficient (Wildman–Crippen LogP) is 8.21. The van der Waals surface area contributed by atoms with E-state index in [1.807, 2.05) is 31.4 Å². The van der Waals surface area contributed by atoms with Gasteiger partial charge in [-0.25, -0.2) is 0 Å². The molecule has 172 valence electrons. The van der Waals surface area contributed by atoms with E-state index in [1.165, 1.54) is 88.6 Å². The molecule has 0 unspecified atom stereocenters. The van der Waals surface area contributed by atoms with Crippen molar-refractivity contribution in [2.75, 3.05) is 11.5 Å². The van der Waals surface area contributed by atoms with Crippen LogP contribution in [0.5, 0.6) is 0 Å². The zero-order valence-corrected chi connectivity index (χ0v) is 20.5. The highest BCUT2D eigenvalue weighted by Crippen LogP contribution is 2.35. The van der Waals surface area contributed by atoms with Gasteiger partial charge in [-0.2, -0.15) is 0 Å². The predicted molar refractivity (Wildman–Crippen MR) is 131 cm³/mol. The number of hydrogen-bond acceptors (Lipinski definition) is 5. The van der Waals surface area contributed by atoms with Gasteiger partial charge in [-0.3, -0.25) is 9.59 Å². The van der Waals surface area contributed by atoms with Crippen LogP contribution in [0.4, 0.5) is 0 Å². The monoisotopic (exact) mass is 466 g/mol. The second-order valence-corrected chi connectivity index (χ2v) is 12.1. The fourth-order valence-electron chi connectivity index (χ4n) is 3.10. The van der Waals surface area contributed by atoms with Crippen molar-refractivity contribution in [3.05, 3.63) is 0 Å². The van der Waals surface area contributed by atoms with E-state index in [1.54, 1.807) is 0 Å². The van der Waals surface area contributed by atoms with Crippen LogP contribution in [0.25, 0.3) is 0 Å². The highest BCUT2D eigenvalue weighted by atomic mass is 33.5. The average molecular weight is 467 g/mol. The van der Waals surface area contributed by atoms with Gasteiger partial charge >= 0.3 is 11.9 Å². The minimum Gasteiger partial charge on any atom is -0.481 e. The molecule has 0 aromatic rings. The number of rotatable bonds is 24. The second kappa shape index (κ2) is 24.3. The van der Waals surface area contributed by atoms with Crippen molar-refractivity contribution in [1.29, 1.82) is 0 Å². The lowest BCUT2D eigenvalue weighted by atomic mass is 10.1. The van der Waals surface area contributed by atoms with Crippen LogP contribution in [0.3, 0.4) is 0 Å². The summed E-state index contributed by atoms with van der Waals surface area (Å²) in [5.74, 6) is 1.16. The molecule has 0 aliphatic heterocycles. The molecular weight excluding hydrogens is 424 g/mol. The van der Waals surface area contributed by atoms with E-state index in [0.29, 0.717) is 12.8 Å². The van der Waals surface area contributed by atoms with Crippen LogP contribution in [-0.4, -0.2) is 33.7 Å². The van der Waals surface area contributed by atoms with Gasteiger partial charge in [-0.05, 0) is 35.5 Å². The quantitative estimate of drug-likeness (QED) is 0.110. The molecule has 0 bridgehead atoms. The minimum absolute atomic E-state index is 0.324. The SMILES string of the molecule is O=C(O)CCCCCCCCCCSSSCCCCCCCCCCC(=O)O. The number of aliphatic carboxylic acids is 2. The molecule has 4 nitrogen and oxygen atoms in total. The molecule has 0 aromatic heterocycles. The van der Waals surface area contributed by atoms with Crippen LogP contribution >= 0.6 is 31.4 Å². The number of carboxylic acid groups (broad SMARTS) is 2. The zero-order chi connectivity index (χ0) is 21.4. The van der Waals surface area contributed by atoms with Crippen LogP contribution in [0, 0.1) is 0 Å². The first kappa shape index (κ1) is 29.0. The number of unbranched alkanes of at least 4 members (excludes halogenated alkanes) is 14. The summed E-state index contributed by atoms with van der Waals surface area (Å²) < 4.78 is 0. The van der Waals surface area contributed by atoms with Gasteiger partial charge in [0.2, 0.25) is 0 Å². The first-order valence-electron chi connectivity index (χ1n) is 11.5. The summed E-state index contributed by atoms with van der Waals surface area (Å²) in [6, 6.07) is 0. The van der Waals surface area contributed by atoms with Gasteiger partial charge in [0.15, 0.2) is 0 Å². The van der Waals surface area contributed by atoms with Gasteiger partial charge in [0.1, 0.15) is 0 Å². The van der Waals surface area contributed by atoms with Crippen molar-refractivity contribution in [3.63, 3.8) is 0 Å². The summed E-state index contributed by atoms with van der Waals surface area (Å²) in [6.07, 6.45) is 19.8. The summed E-state index contributed by atoms with van der Waals surface area (Å²) in [6.45, 7) is 0. The lowest BCUT2D eigenvalue weighted by Crippen LogP contribution is -1.93. The van der Waals surface area contributed by atoms with E-state index < -0.39 is 11.9 Å². The van der Waals surface area contributed by atoms with E-state index in [4.69, 9.17) is 10.2 Å². The Morgan fingerprint density at radius 3 is 1.03 bits per heavy atom. The van der Waals surface area contributed by atoms with Crippen molar-refractivity contribution in [2.24, 2.45) is 0 Å². The van der Waals surface area contributed by atoms with Gasteiger partial charge in [-0.15, -0.1) is 0 Å². The molecule has 0 rings (SSSR count). The van der Waals surface area contributed by atoms with Crippen molar-refractivity contribution >= 4 is 43.4 Å². The molecule has 0 atom stereocenters. The van der Waals surface area contributed by atoms with Crippen molar-refractivity contribution in [1.82, 2.24) is 0 Å². The van der Waals surface area contributed by atoms with Crippen LogP contribution < -0.4 is 0 Å². The fourth-order valence-corrected chi connectivity index (χ4v) is 7.10. The minimum atomic E-state index is -0.670. The molecule has 0 spiro atoms. The largest absolute Gasteiger partial charge is 0.481 e. The van der Waals surface area contributed by atoms with Crippen LogP contribution in [0.1, 0.15) is 116 Å². The van der Waals surface area contributed by atoms with Crippen LogP contribution in [0.2, 0.25) is 0 Å². The average Bonchev–Trinajstić information content (AvgIpc) is 2.68. The lowest BCUT2D eigenvalue weighted by molar-refractivity contribution is -0.138. The van der Waals surface area contributed by atoms with Gasteiger partial charge in [0.25, 0.3) is 0 Å². The molecular formula is C22H42O4S3. The van der Waals surface area contributed by atoms with Gasteiger partial charge in [0, 0.05) is 24.3 Å². The summed E-state index contributed by atoms with van der Waals surface area (Å²) in [4.78, 5) is 20.8. The molecule has 0 amide bonds. The number of carboxylic acids is 2. The third-order valence-electron chi connectivity index (χ3n) is 4.83. The molecule has 0 heterocycles. The Bertz CT molecular complexity index is 347. The smallest absolute Gasteiger partial charge is 0.303 e. The molecule has 0 aliphatic rings. The maximum atomic E-state index is 10.4. The molecule has 29 heavy (non-hydrogen) atoms. The Labute approximate surface area is 189 Å². The van der Waals surface area contributed by atoms with E-state index >= 15 is 0 Å². The summed E-state index contributed by atoms with van der Waals surface area (Å²) in [7, 11) is 5.94. The third-order valence-corrected chi connectivity index (χ3v) is 9.25. The third kappa shape index (κ3) is 28.0. The molecule has 0 saturated carbocycles. The lowest BCUT2D eigenvalue weighted by Gasteiger charge is -2.03. The fraction of sp³-hybridized carbons (Fsp3) is 0.909. The zero-order valence-electron chi connectivity index (χ0n) is 18.1. The van der Waals surface area contributed by atoms with Crippen molar-refractivity contribution in [2.45, 2.75) is 116 Å². The topological polar surface area (TPSA) is 74.6 Å². The Morgan fingerprint density at radius 1 is 0.448 bits per heavy atom. The normalized spacial score (nSPS) is 11.0. The standard InChI is InChI=1S/C22H42O4S3/c23-21(24)17-13-9-5-1-3-7-11-15-19-27-29-28-20-16-12-8-4-2-6-10-14-18-22(25)26/h1-20H2,(H,23,24)(H,25,26). The summed E-state index contributed by atoms with van der Waals surface area (Å²) >= 11 is 0. The molecule has 2 N–H and O–H groups in total. The Kier molecular flexibility index (Phi) is 24.3. The van der Waals surface area contributed by atoms with E-state index in [-0.39, 0.29) is 0 Å². The van der Waals surface area contributed by atoms with E-state index in [2.05, 4.69) is 0 Å². The summed E-state index contributed by atoms with van der Waals surface area (Å²) in [5.41, 5.74) is 0. The number of hydrogen-bond donors (Lipinski definition) is 2.